The molecule has 0 bridgehead atoms. The van der Waals surface area contributed by atoms with Crippen LogP contribution in [-0.4, -0.2) is 30.1 Å². The van der Waals surface area contributed by atoms with Crippen LogP contribution in [0.1, 0.15) is 52.9 Å². The van der Waals surface area contributed by atoms with Gasteiger partial charge in [0.2, 0.25) is 0 Å². The van der Waals surface area contributed by atoms with Crippen molar-refractivity contribution in [1.82, 2.24) is 4.90 Å². The Morgan fingerprint density at radius 2 is 1.80 bits per heavy atom. The minimum atomic E-state index is 0.415. The van der Waals surface area contributed by atoms with E-state index < -0.39 is 0 Å². The zero-order chi connectivity index (χ0) is 11.3. The molecule has 0 heterocycles. The molecule has 2 nitrogen and oxygen atoms in total. The van der Waals surface area contributed by atoms with E-state index in [1.54, 1.807) is 0 Å². The maximum absolute atomic E-state index is 6.25. The molecule has 1 fully saturated rings. The summed E-state index contributed by atoms with van der Waals surface area (Å²) < 4.78 is 0. The molecule has 0 aromatic rings. The first kappa shape index (κ1) is 13.0. The second kappa shape index (κ2) is 6.49. The first-order valence-corrected chi connectivity index (χ1v) is 6.72. The summed E-state index contributed by atoms with van der Waals surface area (Å²) in [4.78, 5) is 2.55. The summed E-state index contributed by atoms with van der Waals surface area (Å²) in [5, 5.41) is 0. The minimum absolute atomic E-state index is 0.415. The van der Waals surface area contributed by atoms with Gasteiger partial charge in [-0.2, -0.15) is 0 Å². The Labute approximate surface area is 95.2 Å². The van der Waals surface area contributed by atoms with Gasteiger partial charge in [0.15, 0.2) is 0 Å². The fourth-order valence-electron chi connectivity index (χ4n) is 3.04. The molecule has 1 rings (SSSR count). The summed E-state index contributed by atoms with van der Waals surface area (Å²) in [6.07, 6.45) is 6.63. The average Bonchev–Trinajstić information content (AvgIpc) is 2.24. The number of hydrogen-bond acceptors (Lipinski definition) is 2. The minimum Gasteiger partial charge on any atom is -0.326 e. The monoisotopic (exact) mass is 212 g/mol. The summed E-state index contributed by atoms with van der Waals surface area (Å²) in [6, 6.07) is 1.06. The van der Waals surface area contributed by atoms with E-state index in [2.05, 4.69) is 25.7 Å². The summed E-state index contributed by atoms with van der Waals surface area (Å²) in [5.41, 5.74) is 6.25. The molecule has 15 heavy (non-hydrogen) atoms. The van der Waals surface area contributed by atoms with Gasteiger partial charge in [-0.25, -0.2) is 0 Å². The SMILES string of the molecule is CCCC1CCC(N)C(N(CC)CC)C1. The molecule has 0 spiro atoms. The van der Waals surface area contributed by atoms with Gasteiger partial charge in [0.25, 0.3) is 0 Å². The van der Waals surface area contributed by atoms with E-state index in [9.17, 15) is 0 Å². The Hall–Kier alpha value is -0.0800. The smallest absolute Gasteiger partial charge is 0.0249 e. The Kier molecular flexibility index (Phi) is 5.62. The zero-order valence-corrected chi connectivity index (χ0v) is 10.7. The average molecular weight is 212 g/mol. The topological polar surface area (TPSA) is 29.3 Å². The normalized spacial score (nSPS) is 32.2. The third kappa shape index (κ3) is 3.46. The molecule has 0 aromatic heterocycles. The molecule has 2 heteroatoms. The van der Waals surface area contributed by atoms with E-state index in [0.29, 0.717) is 12.1 Å². The molecule has 90 valence electrons. The van der Waals surface area contributed by atoms with E-state index in [1.807, 2.05) is 0 Å². The maximum Gasteiger partial charge on any atom is 0.0249 e. The summed E-state index contributed by atoms with van der Waals surface area (Å²) >= 11 is 0. The molecular formula is C13H28N2. The van der Waals surface area contributed by atoms with Crippen molar-refractivity contribution in [2.45, 2.75) is 65.0 Å². The van der Waals surface area contributed by atoms with Crippen LogP contribution in [0.15, 0.2) is 0 Å². The highest BCUT2D eigenvalue weighted by Crippen LogP contribution is 2.29. The van der Waals surface area contributed by atoms with Crippen molar-refractivity contribution in [2.24, 2.45) is 11.7 Å². The lowest BCUT2D eigenvalue weighted by molar-refractivity contribution is 0.118. The van der Waals surface area contributed by atoms with Crippen LogP contribution >= 0.6 is 0 Å². The predicted octanol–water partition coefficient (Wildman–Crippen LogP) is 2.62. The number of hydrogen-bond donors (Lipinski definition) is 1. The van der Waals surface area contributed by atoms with Gasteiger partial charge in [0, 0.05) is 12.1 Å². The molecule has 1 aliphatic rings. The van der Waals surface area contributed by atoms with Crippen LogP contribution < -0.4 is 5.73 Å². The van der Waals surface area contributed by atoms with Crippen molar-refractivity contribution in [2.75, 3.05) is 13.1 Å². The summed E-state index contributed by atoms with van der Waals surface area (Å²) in [6.45, 7) is 9.09. The lowest BCUT2D eigenvalue weighted by Gasteiger charge is -2.40. The third-order valence-corrected chi connectivity index (χ3v) is 3.96. The van der Waals surface area contributed by atoms with Gasteiger partial charge in [0.1, 0.15) is 0 Å². The van der Waals surface area contributed by atoms with Gasteiger partial charge < -0.3 is 5.73 Å². The van der Waals surface area contributed by atoms with Crippen LogP contribution in [0.5, 0.6) is 0 Å². The standard InChI is InChI=1S/C13H28N2/c1-4-7-11-8-9-12(14)13(10-11)15(5-2)6-3/h11-13H,4-10,14H2,1-3H3. The van der Waals surface area contributed by atoms with Gasteiger partial charge in [-0.15, -0.1) is 0 Å². The molecule has 2 N–H and O–H groups in total. The molecule has 1 saturated carbocycles. The zero-order valence-electron chi connectivity index (χ0n) is 10.7. The van der Waals surface area contributed by atoms with Crippen LogP contribution in [0.3, 0.4) is 0 Å². The number of nitrogens with two attached hydrogens (primary N) is 1. The second-order valence-electron chi connectivity index (χ2n) is 4.92. The Balaban J connectivity index is 2.52. The summed E-state index contributed by atoms with van der Waals surface area (Å²) in [5.74, 6) is 0.931. The number of likely N-dealkylation sites (N-methyl/N-ethyl adjacent to an activating group) is 1. The second-order valence-corrected chi connectivity index (χ2v) is 4.92. The van der Waals surface area contributed by atoms with E-state index in [4.69, 9.17) is 5.73 Å². The first-order chi connectivity index (χ1) is 7.22. The number of rotatable bonds is 5. The highest BCUT2D eigenvalue weighted by atomic mass is 15.2. The molecule has 0 amide bonds. The van der Waals surface area contributed by atoms with Crippen LogP contribution in [0.2, 0.25) is 0 Å². The van der Waals surface area contributed by atoms with Gasteiger partial charge in [0.05, 0.1) is 0 Å². The molecular weight excluding hydrogens is 184 g/mol. The van der Waals surface area contributed by atoms with Crippen LogP contribution in [0.4, 0.5) is 0 Å². The lowest BCUT2D eigenvalue weighted by Crippen LogP contribution is -2.51. The molecule has 1 aliphatic carbocycles. The van der Waals surface area contributed by atoms with Crippen LogP contribution in [0.25, 0.3) is 0 Å². The van der Waals surface area contributed by atoms with E-state index in [1.165, 1.54) is 32.1 Å². The molecule has 0 saturated heterocycles. The third-order valence-electron chi connectivity index (χ3n) is 3.96. The molecule has 3 atom stereocenters. The van der Waals surface area contributed by atoms with Crippen molar-refractivity contribution in [3.05, 3.63) is 0 Å². The van der Waals surface area contributed by atoms with E-state index in [0.717, 1.165) is 19.0 Å². The van der Waals surface area contributed by atoms with Gasteiger partial charge in [-0.05, 0) is 38.3 Å². The van der Waals surface area contributed by atoms with Crippen molar-refractivity contribution in [3.8, 4) is 0 Å². The Morgan fingerprint density at radius 1 is 1.13 bits per heavy atom. The van der Waals surface area contributed by atoms with Crippen LogP contribution in [0, 0.1) is 5.92 Å². The highest BCUT2D eigenvalue weighted by molar-refractivity contribution is 4.88. The van der Waals surface area contributed by atoms with E-state index >= 15 is 0 Å². The highest BCUT2D eigenvalue weighted by Gasteiger charge is 2.30. The predicted molar refractivity (Wildman–Crippen MR) is 66.9 cm³/mol. The molecule has 3 unspecified atom stereocenters. The van der Waals surface area contributed by atoms with Crippen molar-refractivity contribution >= 4 is 0 Å². The van der Waals surface area contributed by atoms with Gasteiger partial charge in [-0.3, -0.25) is 4.90 Å². The van der Waals surface area contributed by atoms with Crippen LogP contribution in [-0.2, 0) is 0 Å². The largest absolute Gasteiger partial charge is 0.326 e. The Bertz CT molecular complexity index is 166. The van der Waals surface area contributed by atoms with Gasteiger partial charge in [-0.1, -0.05) is 33.6 Å². The fourth-order valence-corrected chi connectivity index (χ4v) is 3.04. The lowest BCUT2D eigenvalue weighted by atomic mass is 9.80. The quantitative estimate of drug-likeness (QED) is 0.759. The van der Waals surface area contributed by atoms with E-state index in [-0.39, 0.29) is 0 Å². The summed E-state index contributed by atoms with van der Waals surface area (Å²) in [7, 11) is 0. The Morgan fingerprint density at radius 3 is 2.33 bits per heavy atom. The van der Waals surface area contributed by atoms with Gasteiger partial charge >= 0.3 is 0 Å². The molecule has 0 aromatic carbocycles. The van der Waals surface area contributed by atoms with Crippen molar-refractivity contribution in [1.29, 1.82) is 0 Å². The number of nitrogens with zero attached hydrogens (tertiary/aromatic N) is 1. The van der Waals surface area contributed by atoms with Crippen molar-refractivity contribution < 1.29 is 0 Å². The molecule has 0 radical (unpaired) electrons. The first-order valence-electron chi connectivity index (χ1n) is 6.72. The fraction of sp³-hybridized carbons (Fsp3) is 1.00. The maximum atomic E-state index is 6.25. The molecule has 0 aliphatic heterocycles. The van der Waals surface area contributed by atoms with Crippen molar-refractivity contribution in [3.63, 3.8) is 0 Å².